The number of anilines is 1. The van der Waals surface area contributed by atoms with Gasteiger partial charge in [-0.15, -0.1) is 0 Å². The van der Waals surface area contributed by atoms with Crippen molar-refractivity contribution in [3.05, 3.63) is 119 Å². The van der Waals surface area contributed by atoms with Crippen LogP contribution in [0.5, 0.6) is 11.5 Å². The summed E-state index contributed by atoms with van der Waals surface area (Å²) in [6.45, 7) is 0. The highest BCUT2D eigenvalue weighted by molar-refractivity contribution is 6.30. The third-order valence-electron chi connectivity index (χ3n) is 8.43. The van der Waals surface area contributed by atoms with Crippen molar-refractivity contribution in [1.82, 2.24) is 4.98 Å². The van der Waals surface area contributed by atoms with Crippen molar-refractivity contribution in [2.24, 2.45) is 0 Å². The smallest absolute Gasteiger partial charge is 0.329 e. The number of nitrogens with one attached hydrogen (secondary N) is 1. The number of carboxylic acids is 1. The SMILES string of the molecule is O=C(O)C1(Nc2cccc(Cl)c2)CCC2(CC1)c1ccccc1C[C@H]2c1ccc(Oc2ccncc2)cc1. The van der Waals surface area contributed by atoms with Crippen molar-refractivity contribution in [3.63, 3.8) is 0 Å². The molecule has 0 saturated heterocycles. The number of carboxylic acid groups (broad SMARTS) is 1. The summed E-state index contributed by atoms with van der Waals surface area (Å²) in [6, 6.07) is 28.0. The van der Waals surface area contributed by atoms with E-state index in [0.29, 0.717) is 17.9 Å². The summed E-state index contributed by atoms with van der Waals surface area (Å²) in [5.41, 5.74) is 3.58. The number of aromatic nitrogens is 1. The summed E-state index contributed by atoms with van der Waals surface area (Å²) in [6.07, 6.45) is 7.00. The Labute approximate surface area is 227 Å². The molecule has 6 heteroatoms. The predicted octanol–water partition coefficient (Wildman–Crippen LogP) is 7.61. The Hall–Kier alpha value is -3.83. The van der Waals surface area contributed by atoms with Gasteiger partial charge in [0.15, 0.2) is 0 Å². The van der Waals surface area contributed by atoms with E-state index in [-0.39, 0.29) is 11.3 Å². The molecular weight excluding hydrogens is 496 g/mol. The third kappa shape index (κ3) is 4.41. The van der Waals surface area contributed by atoms with Gasteiger partial charge in [-0.25, -0.2) is 4.79 Å². The number of nitrogens with zero attached hydrogens (tertiary/aromatic N) is 1. The number of hydrogen-bond donors (Lipinski definition) is 2. The van der Waals surface area contributed by atoms with E-state index in [4.69, 9.17) is 16.3 Å². The molecule has 2 N–H and O–H groups in total. The molecule has 0 amide bonds. The van der Waals surface area contributed by atoms with Gasteiger partial charge in [-0.2, -0.15) is 0 Å². The van der Waals surface area contributed by atoms with Crippen LogP contribution in [0.25, 0.3) is 0 Å². The minimum Gasteiger partial charge on any atom is -0.480 e. The Morgan fingerprint density at radius 2 is 1.61 bits per heavy atom. The predicted molar refractivity (Wildman–Crippen MR) is 149 cm³/mol. The van der Waals surface area contributed by atoms with E-state index in [2.05, 4.69) is 46.7 Å². The first-order valence-corrected chi connectivity index (χ1v) is 13.4. The van der Waals surface area contributed by atoms with Crippen LogP contribution >= 0.6 is 11.6 Å². The van der Waals surface area contributed by atoms with Crippen molar-refractivity contribution >= 4 is 23.3 Å². The van der Waals surface area contributed by atoms with E-state index in [0.717, 1.165) is 36.4 Å². The first-order chi connectivity index (χ1) is 18.5. The minimum absolute atomic E-state index is 0.112. The van der Waals surface area contributed by atoms with Crippen LogP contribution < -0.4 is 10.1 Å². The van der Waals surface area contributed by atoms with Gasteiger partial charge < -0.3 is 15.2 Å². The van der Waals surface area contributed by atoms with Crippen LogP contribution in [0.3, 0.4) is 0 Å². The second-order valence-electron chi connectivity index (χ2n) is 10.4. The molecule has 1 fully saturated rings. The molecule has 0 unspecified atom stereocenters. The molecule has 3 aromatic carbocycles. The summed E-state index contributed by atoms with van der Waals surface area (Å²) < 4.78 is 5.99. The van der Waals surface area contributed by atoms with Crippen LogP contribution in [0.15, 0.2) is 97.3 Å². The lowest BCUT2D eigenvalue weighted by molar-refractivity contribution is -0.144. The molecule has 1 atom stereocenters. The molecule has 192 valence electrons. The van der Waals surface area contributed by atoms with E-state index >= 15 is 0 Å². The fraction of sp³-hybridized carbons (Fsp3) is 0.250. The van der Waals surface area contributed by atoms with E-state index in [9.17, 15) is 9.90 Å². The lowest BCUT2D eigenvalue weighted by Gasteiger charge is -2.47. The highest BCUT2D eigenvalue weighted by Crippen LogP contribution is 2.58. The molecule has 1 heterocycles. The Balaban J connectivity index is 1.29. The standard InChI is InChI=1S/C32H29ClN2O3/c33-24-5-3-6-25(21-24)35-32(30(36)37)16-14-31(15-17-32)28-7-2-1-4-23(28)20-29(31)22-8-10-26(11-9-22)38-27-12-18-34-19-13-27/h1-13,18-19,21,29,35H,14-17,20H2,(H,36,37)/t29-,31?,32?/m0/s1. The average Bonchev–Trinajstić information content (AvgIpc) is 3.25. The van der Waals surface area contributed by atoms with Crippen LogP contribution in [0.4, 0.5) is 5.69 Å². The molecule has 0 radical (unpaired) electrons. The lowest BCUT2D eigenvalue weighted by atomic mass is 9.59. The summed E-state index contributed by atoms with van der Waals surface area (Å²) in [4.78, 5) is 16.7. The summed E-state index contributed by atoms with van der Waals surface area (Å²) >= 11 is 6.19. The minimum atomic E-state index is -1.03. The average molecular weight is 525 g/mol. The number of halogens is 1. The topological polar surface area (TPSA) is 71.5 Å². The maximum atomic E-state index is 12.6. The first kappa shape index (κ1) is 24.5. The highest BCUT2D eigenvalue weighted by atomic mass is 35.5. The zero-order chi connectivity index (χ0) is 26.2. The Morgan fingerprint density at radius 1 is 0.895 bits per heavy atom. The fourth-order valence-corrected chi connectivity index (χ4v) is 6.70. The zero-order valence-electron chi connectivity index (χ0n) is 20.9. The number of ether oxygens (including phenoxy) is 1. The van der Waals surface area contributed by atoms with Crippen molar-refractivity contribution in [2.45, 2.75) is 49.0 Å². The fourth-order valence-electron chi connectivity index (χ4n) is 6.51. The van der Waals surface area contributed by atoms with Crippen LogP contribution in [0.1, 0.15) is 48.3 Å². The quantitative estimate of drug-likeness (QED) is 0.271. The molecule has 2 aliphatic rings. The molecule has 1 aromatic heterocycles. The molecular formula is C32H29ClN2O3. The molecule has 1 saturated carbocycles. The van der Waals surface area contributed by atoms with Crippen molar-refractivity contribution in [1.29, 1.82) is 0 Å². The van der Waals surface area contributed by atoms with Crippen molar-refractivity contribution < 1.29 is 14.6 Å². The first-order valence-electron chi connectivity index (χ1n) is 13.0. The van der Waals surface area contributed by atoms with Gasteiger partial charge in [-0.3, -0.25) is 4.98 Å². The zero-order valence-corrected chi connectivity index (χ0v) is 21.7. The van der Waals surface area contributed by atoms with Gasteiger partial charge in [0.25, 0.3) is 0 Å². The van der Waals surface area contributed by atoms with Crippen LogP contribution in [-0.4, -0.2) is 21.6 Å². The normalized spacial score (nSPS) is 24.1. The number of pyridine rings is 1. The Bertz CT molecular complexity index is 1450. The number of fused-ring (bicyclic) bond motifs is 2. The van der Waals surface area contributed by atoms with Gasteiger partial charge >= 0.3 is 5.97 Å². The van der Waals surface area contributed by atoms with Gasteiger partial charge in [0.2, 0.25) is 0 Å². The molecule has 0 aliphatic heterocycles. The maximum absolute atomic E-state index is 12.6. The van der Waals surface area contributed by atoms with Crippen molar-refractivity contribution in [2.75, 3.05) is 5.32 Å². The number of hydrogen-bond acceptors (Lipinski definition) is 4. The number of benzene rings is 3. The number of carbonyl (C=O) groups is 1. The summed E-state index contributed by atoms with van der Waals surface area (Å²) in [5, 5.41) is 14.3. The monoisotopic (exact) mass is 524 g/mol. The van der Waals surface area contributed by atoms with Gasteiger partial charge in [-0.05, 0) is 97.2 Å². The molecule has 2 aliphatic carbocycles. The summed E-state index contributed by atoms with van der Waals surface area (Å²) in [7, 11) is 0. The van der Waals surface area contributed by atoms with Crippen LogP contribution in [0.2, 0.25) is 5.02 Å². The van der Waals surface area contributed by atoms with Crippen LogP contribution in [-0.2, 0) is 16.6 Å². The highest BCUT2D eigenvalue weighted by Gasteiger charge is 2.54. The van der Waals surface area contributed by atoms with Gasteiger partial charge in [-0.1, -0.05) is 54.1 Å². The second-order valence-corrected chi connectivity index (χ2v) is 10.9. The third-order valence-corrected chi connectivity index (χ3v) is 8.66. The van der Waals surface area contributed by atoms with E-state index in [1.807, 2.05) is 36.4 Å². The van der Waals surface area contributed by atoms with Crippen molar-refractivity contribution in [3.8, 4) is 11.5 Å². The largest absolute Gasteiger partial charge is 0.480 e. The molecule has 6 rings (SSSR count). The lowest BCUT2D eigenvalue weighted by Crippen LogP contribution is -2.52. The van der Waals surface area contributed by atoms with Crippen LogP contribution in [0, 0.1) is 0 Å². The summed E-state index contributed by atoms with van der Waals surface area (Å²) in [5.74, 6) is 0.992. The van der Waals surface area contributed by atoms with Gasteiger partial charge in [0.05, 0.1) is 0 Å². The van der Waals surface area contributed by atoms with E-state index in [1.54, 1.807) is 24.5 Å². The molecule has 0 bridgehead atoms. The van der Waals surface area contributed by atoms with E-state index in [1.165, 1.54) is 16.7 Å². The second kappa shape index (κ2) is 9.80. The van der Waals surface area contributed by atoms with Gasteiger partial charge in [0, 0.05) is 28.5 Å². The number of aliphatic carboxylic acids is 1. The van der Waals surface area contributed by atoms with Gasteiger partial charge in [0.1, 0.15) is 17.0 Å². The molecule has 38 heavy (non-hydrogen) atoms. The van der Waals surface area contributed by atoms with E-state index < -0.39 is 11.5 Å². The Kier molecular flexibility index (Phi) is 6.32. The maximum Gasteiger partial charge on any atom is 0.329 e. The molecule has 1 spiro atoms. The number of rotatable bonds is 6. The Morgan fingerprint density at radius 3 is 2.32 bits per heavy atom. The molecule has 5 nitrogen and oxygen atoms in total. The molecule has 4 aromatic rings.